The van der Waals surface area contributed by atoms with Gasteiger partial charge in [-0.1, -0.05) is 23.8 Å². The number of nitrogens with one attached hydrogen (secondary N) is 3. The Labute approximate surface area is 150 Å². The number of H-pyrrole nitrogens is 1. The molecule has 1 aromatic heterocycles. The number of alkyl halides is 6. The molecule has 0 spiro atoms. The van der Waals surface area contributed by atoms with Gasteiger partial charge in [0.25, 0.3) is 11.7 Å². The minimum Gasteiger partial charge on any atom is -0.296 e. The van der Waals surface area contributed by atoms with Crippen molar-refractivity contribution >= 4 is 11.7 Å². The molecule has 4 nitrogen and oxygen atoms in total. The molecule has 146 valence electrons. The molecule has 27 heavy (non-hydrogen) atoms. The van der Waals surface area contributed by atoms with E-state index in [-0.39, 0.29) is 5.56 Å². The van der Waals surface area contributed by atoms with Crippen molar-refractivity contribution in [1.29, 1.82) is 0 Å². The zero-order valence-electron chi connectivity index (χ0n) is 14.2. The van der Waals surface area contributed by atoms with E-state index in [1.807, 2.05) is 0 Å². The van der Waals surface area contributed by atoms with Crippen molar-refractivity contribution in [1.82, 2.24) is 5.32 Å². The van der Waals surface area contributed by atoms with Gasteiger partial charge in [0, 0.05) is 11.6 Å². The number of hydrogen-bond acceptors (Lipinski definition) is 2. The quantitative estimate of drug-likeness (QED) is 0.615. The maximum atomic E-state index is 13.6. The number of benzene rings is 1. The summed E-state index contributed by atoms with van der Waals surface area (Å²) in [6.07, 6.45) is -11.8. The number of carbonyl (C=O) groups is 1. The Bertz CT molecular complexity index is 801. The molecule has 1 aromatic carbocycles. The van der Waals surface area contributed by atoms with Gasteiger partial charge in [-0.2, -0.15) is 26.3 Å². The summed E-state index contributed by atoms with van der Waals surface area (Å²) in [5, 5.41) is 2.48. The summed E-state index contributed by atoms with van der Waals surface area (Å²) in [7, 11) is 0. The molecular weight excluding hydrogens is 376 g/mol. The maximum absolute atomic E-state index is 13.6. The van der Waals surface area contributed by atoms with Crippen molar-refractivity contribution in [2.75, 3.05) is 5.32 Å². The summed E-state index contributed by atoms with van der Waals surface area (Å²) < 4.78 is 81.5. The van der Waals surface area contributed by atoms with Gasteiger partial charge in [-0.25, -0.2) is 10.3 Å². The number of hydrogen-bond donors (Lipinski definition) is 2. The Morgan fingerprint density at radius 3 is 1.93 bits per heavy atom. The van der Waals surface area contributed by atoms with E-state index in [9.17, 15) is 31.1 Å². The molecule has 0 saturated carbocycles. The summed E-state index contributed by atoms with van der Waals surface area (Å²) in [4.78, 5) is 14.5. The minimum absolute atomic E-state index is 0.322. The third-order valence-corrected chi connectivity index (χ3v) is 3.73. The zero-order valence-corrected chi connectivity index (χ0v) is 14.2. The fraction of sp³-hybridized carbons (Fsp3) is 0.294. The molecule has 1 amide bonds. The summed E-state index contributed by atoms with van der Waals surface area (Å²) >= 11 is 0. The lowest BCUT2D eigenvalue weighted by Gasteiger charge is -2.34. The summed E-state index contributed by atoms with van der Waals surface area (Å²) in [6.45, 7) is 3.12. The molecule has 0 radical (unpaired) electrons. The first-order valence-corrected chi connectivity index (χ1v) is 7.65. The predicted molar refractivity (Wildman–Crippen MR) is 84.8 cm³/mol. The van der Waals surface area contributed by atoms with Crippen molar-refractivity contribution < 1.29 is 36.1 Å². The lowest BCUT2D eigenvalue weighted by atomic mass is 10.1. The molecule has 10 heteroatoms. The molecule has 0 aliphatic carbocycles. The number of carbonyl (C=O) groups excluding carboxylic acids is 1. The van der Waals surface area contributed by atoms with Crippen LogP contribution in [0.2, 0.25) is 0 Å². The van der Waals surface area contributed by atoms with Gasteiger partial charge in [-0.3, -0.25) is 10.1 Å². The number of halogens is 6. The van der Waals surface area contributed by atoms with Crippen molar-refractivity contribution in [2.45, 2.75) is 31.9 Å². The van der Waals surface area contributed by atoms with Crippen LogP contribution >= 0.6 is 0 Å². The second-order valence-electron chi connectivity index (χ2n) is 5.94. The van der Waals surface area contributed by atoms with Crippen molar-refractivity contribution in [3.8, 4) is 0 Å². The molecule has 0 aliphatic heterocycles. The van der Waals surface area contributed by atoms with E-state index in [1.54, 1.807) is 6.92 Å². The van der Waals surface area contributed by atoms with Gasteiger partial charge in [-0.05, 0) is 32.0 Å². The summed E-state index contributed by atoms with van der Waals surface area (Å²) in [5.41, 5.74) is -4.01. The summed E-state index contributed by atoms with van der Waals surface area (Å²) in [6, 6.07) is 8.81. The molecule has 3 N–H and O–H groups in total. The second-order valence-corrected chi connectivity index (χ2v) is 5.94. The van der Waals surface area contributed by atoms with E-state index in [0.29, 0.717) is 11.3 Å². The van der Waals surface area contributed by atoms with Gasteiger partial charge in [0.1, 0.15) is 0 Å². The van der Waals surface area contributed by atoms with Crippen molar-refractivity contribution in [2.24, 2.45) is 0 Å². The number of rotatable bonds is 4. The number of aromatic amines is 1. The van der Waals surface area contributed by atoms with Crippen LogP contribution < -0.4 is 15.6 Å². The number of aryl methyl sites for hydroxylation is 2. The van der Waals surface area contributed by atoms with E-state index in [1.165, 1.54) is 36.5 Å². The minimum atomic E-state index is -5.89. The topological polar surface area (TPSA) is 55.3 Å². The Hall–Kier alpha value is -2.78. The number of amides is 1. The van der Waals surface area contributed by atoms with Crippen LogP contribution in [0.25, 0.3) is 0 Å². The van der Waals surface area contributed by atoms with Gasteiger partial charge in [0.05, 0.1) is 5.69 Å². The lowest BCUT2D eigenvalue weighted by Crippen LogP contribution is -2.72. The molecule has 0 bridgehead atoms. The normalized spacial score (nSPS) is 12.6. The first-order chi connectivity index (χ1) is 12.4. The lowest BCUT2D eigenvalue weighted by molar-refractivity contribution is -0.376. The average molecular weight is 392 g/mol. The number of aromatic nitrogens is 1. The van der Waals surface area contributed by atoms with Crippen LogP contribution in [-0.2, 0) is 0 Å². The Morgan fingerprint density at radius 1 is 0.889 bits per heavy atom. The Kier molecular flexibility index (Phi) is 5.39. The van der Waals surface area contributed by atoms with Gasteiger partial charge in [-0.15, -0.1) is 0 Å². The molecule has 0 unspecified atom stereocenters. The Balaban J connectivity index is 2.51. The molecule has 0 atom stereocenters. The number of pyridine rings is 1. The second kappa shape index (κ2) is 7.09. The first-order valence-electron chi connectivity index (χ1n) is 7.65. The van der Waals surface area contributed by atoms with Gasteiger partial charge >= 0.3 is 18.0 Å². The highest BCUT2D eigenvalue weighted by Gasteiger charge is 2.76. The summed E-state index contributed by atoms with van der Waals surface area (Å²) in [5.74, 6) is -2.08. The van der Waals surface area contributed by atoms with Gasteiger partial charge < -0.3 is 0 Å². The molecule has 1 heterocycles. The van der Waals surface area contributed by atoms with Crippen molar-refractivity contribution in [3.63, 3.8) is 0 Å². The third-order valence-electron chi connectivity index (χ3n) is 3.73. The predicted octanol–water partition coefficient (Wildman–Crippen LogP) is 3.78. The van der Waals surface area contributed by atoms with Crippen LogP contribution in [-0.4, -0.2) is 23.9 Å². The molecule has 0 fully saturated rings. The van der Waals surface area contributed by atoms with Crippen LogP contribution in [0, 0.1) is 13.8 Å². The van der Waals surface area contributed by atoms with Crippen LogP contribution in [0.3, 0.4) is 0 Å². The van der Waals surface area contributed by atoms with Gasteiger partial charge in [0.15, 0.2) is 0 Å². The fourth-order valence-electron chi connectivity index (χ4n) is 2.28. The highest BCUT2D eigenvalue weighted by Crippen LogP contribution is 2.43. The van der Waals surface area contributed by atoms with E-state index in [0.717, 1.165) is 23.5 Å². The number of anilines is 1. The van der Waals surface area contributed by atoms with Crippen LogP contribution in [0.1, 0.15) is 21.6 Å². The third kappa shape index (κ3) is 4.32. The molecule has 2 aromatic rings. The monoisotopic (exact) mass is 392 g/mol. The van der Waals surface area contributed by atoms with E-state index < -0.39 is 29.7 Å². The maximum Gasteiger partial charge on any atom is 0.462 e. The smallest absolute Gasteiger partial charge is 0.296 e. The van der Waals surface area contributed by atoms with Crippen LogP contribution in [0.4, 0.5) is 32.2 Å². The largest absolute Gasteiger partial charge is 0.462 e. The van der Waals surface area contributed by atoms with Gasteiger partial charge in [0.2, 0.25) is 0 Å². The van der Waals surface area contributed by atoms with E-state index >= 15 is 0 Å². The van der Waals surface area contributed by atoms with E-state index in [4.69, 9.17) is 0 Å². The van der Waals surface area contributed by atoms with Crippen LogP contribution in [0.5, 0.6) is 0 Å². The SMILES string of the molecule is Cc1ccc(C(=O)NC(Nc2cccc(C)[nH+]2)(C(F)(F)F)C(F)(F)F)cc1. The highest BCUT2D eigenvalue weighted by molar-refractivity contribution is 5.95. The van der Waals surface area contributed by atoms with E-state index in [2.05, 4.69) is 4.98 Å². The van der Waals surface area contributed by atoms with Crippen molar-refractivity contribution in [3.05, 3.63) is 59.3 Å². The van der Waals surface area contributed by atoms with Crippen LogP contribution in [0.15, 0.2) is 42.5 Å². The molecule has 0 saturated heterocycles. The molecule has 0 aliphatic rings. The zero-order chi connectivity index (χ0) is 20.5. The molecular formula is C17H16F6N3O+. The first kappa shape index (κ1) is 20.5. The standard InChI is InChI=1S/C17H15F6N3O/c1-10-6-8-12(9-7-10)14(27)26-15(16(18,19)20,17(21,22)23)25-13-5-3-4-11(2)24-13/h3-9H,1-2H3,(H,24,25)(H,26,27)/p+1. The average Bonchev–Trinajstić information content (AvgIpc) is 2.52. The fourth-order valence-corrected chi connectivity index (χ4v) is 2.28. The highest BCUT2D eigenvalue weighted by atomic mass is 19.4. The Morgan fingerprint density at radius 2 is 1.44 bits per heavy atom. The molecule has 2 rings (SSSR count).